The number of unbranched alkanes of at least 4 members (excludes halogenated alkanes) is 6. The van der Waals surface area contributed by atoms with Crippen molar-refractivity contribution in [3.8, 4) is 5.75 Å². The highest BCUT2D eigenvalue weighted by atomic mass is 32.2. The summed E-state index contributed by atoms with van der Waals surface area (Å²) in [5.41, 5.74) is 2.97. The fourth-order valence-electron chi connectivity index (χ4n) is 7.30. The smallest absolute Gasteiger partial charge is 0.264 e. The molecule has 0 saturated heterocycles. The summed E-state index contributed by atoms with van der Waals surface area (Å²) in [6.07, 6.45) is 18.9. The largest absolute Gasteiger partial charge is 0.508 e. The normalized spacial score (nSPS) is 27.8. The molecule has 5 heteroatoms. The van der Waals surface area contributed by atoms with Gasteiger partial charge < -0.3 is 5.11 Å². The van der Waals surface area contributed by atoms with Gasteiger partial charge in [-0.15, -0.1) is 0 Å². The van der Waals surface area contributed by atoms with Crippen molar-refractivity contribution in [2.75, 3.05) is 12.9 Å². The molecule has 4 rings (SSSR count). The summed E-state index contributed by atoms with van der Waals surface area (Å²) in [6, 6.07) is 6.19. The molecule has 34 heavy (non-hydrogen) atoms. The molecule has 0 aromatic heterocycles. The highest BCUT2D eigenvalue weighted by Crippen LogP contribution is 2.57. The van der Waals surface area contributed by atoms with E-state index in [1.807, 2.05) is 26.0 Å². The summed E-state index contributed by atoms with van der Waals surface area (Å²) in [5.74, 6) is 4.71. The molecule has 5 unspecified atom stereocenters. The molecule has 5 atom stereocenters. The van der Waals surface area contributed by atoms with E-state index in [0.29, 0.717) is 12.4 Å². The van der Waals surface area contributed by atoms with Crippen LogP contribution in [0.2, 0.25) is 0 Å². The van der Waals surface area contributed by atoms with Crippen LogP contribution in [0.5, 0.6) is 5.75 Å². The van der Waals surface area contributed by atoms with Crippen molar-refractivity contribution in [3.05, 3.63) is 29.3 Å². The van der Waals surface area contributed by atoms with Gasteiger partial charge in [0.1, 0.15) is 5.75 Å². The zero-order chi connectivity index (χ0) is 24.6. The summed E-state index contributed by atoms with van der Waals surface area (Å²) < 4.78 is 26.7. The molecular formula is C29H48O4S. The van der Waals surface area contributed by atoms with Gasteiger partial charge in [-0.25, -0.2) is 0 Å². The van der Waals surface area contributed by atoms with Gasteiger partial charge >= 0.3 is 0 Å². The van der Waals surface area contributed by atoms with Crippen LogP contribution < -0.4 is 0 Å². The molecule has 0 heterocycles. The number of fused-ring (bicyclic) bond motifs is 5. The molecule has 0 radical (unpaired) electrons. The lowest BCUT2D eigenvalue weighted by Crippen LogP contribution is -2.40. The van der Waals surface area contributed by atoms with Crippen LogP contribution in [0, 0.1) is 23.7 Å². The third kappa shape index (κ3) is 7.46. The van der Waals surface area contributed by atoms with Crippen molar-refractivity contribution in [1.29, 1.82) is 0 Å². The van der Waals surface area contributed by atoms with E-state index >= 15 is 0 Å². The van der Waals surface area contributed by atoms with Crippen LogP contribution in [-0.2, 0) is 20.7 Å². The Hall–Kier alpha value is -1.07. The van der Waals surface area contributed by atoms with E-state index in [1.54, 1.807) is 5.56 Å². The Kier molecular flexibility index (Phi) is 10.8. The molecule has 0 spiro atoms. The van der Waals surface area contributed by atoms with E-state index in [9.17, 15) is 13.5 Å². The van der Waals surface area contributed by atoms with E-state index in [-0.39, 0.29) is 0 Å². The minimum atomic E-state index is -3.29. The molecule has 3 aliphatic carbocycles. The average Bonchev–Trinajstić information content (AvgIpc) is 3.29. The second-order valence-electron chi connectivity index (χ2n) is 10.8. The molecule has 0 aliphatic heterocycles. The van der Waals surface area contributed by atoms with E-state index in [0.717, 1.165) is 61.5 Å². The highest BCUT2D eigenvalue weighted by molar-refractivity contribution is 7.85. The maximum Gasteiger partial charge on any atom is 0.264 e. The number of phenolic OH excluding ortho intramolecular Hbond substituents is 1. The Morgan fingerprint density at radius 2 is 1.65 bits per heavy atom. The van der Waals surface area contributed by atoms with Crippen molar-refractivity contribution < 1.29 is 17.7 Å². The monoisotopic (exact) mass is 492 g/mol. The van der Waals surface area contributed by atoms with Crippen molar-refractivity contribution in [2.24, 2.45) is 23.7 Å². The van der Waals surface area contributed by atoms with Crippen molar-refractivity contribution in [3.63, 3.8) is 0 Å². The van der Waals surface area contributed by atoms with Gasteiger partial charge in [0.25, 0.3) is 10.1 Å². The lowest BCUT2D eigenvalue weighted by Gasteiger charge is -2.48. The number of hydrogen-bond donors (Lipinski definition) is 1. The average molecular weight is 493 g/mol. The Bertz CT molecular complexity index is 850. The Balaban J connectivity index is 0.00000158. The summed E-state index contributed by atoms with van der Waals surface area (Å²) in [6.45, 7) is 4.32. The lowest BCUT2D eigenvalue weighted by atomic mass is 9.56. The van der Waals surface area contributed by atoms with Gasteiger partial charge in [-0.05, 0) is 91.4 Å². The second-order valence-corrected chi connectivity index (χ2v) is 12.4. The molecule has 3 aliphatic rings. The van der Waals surface area contributed by atoms with Crippen LogP contribution in [0.1, 0.15) is 114 Å². The molecule has 0 bridgehead atoms. The molecular weight excluding hydrogens is 444 g/mol. The Labute approximate surface area is 209 Å². The Morgan fingerprint density at radius 3 is 2.38 bits per heavy atom. The molecule has 2 fully saturated rings. The molecule has 0 amide bonds. The minimum absolute atomic E-state index is 0.322. The van der Waals surface area contributed by atoms with Crippen LogP contribution in [0.25, 0.3) is 0 Å². The van der Waals surface area contributed by atoms with Gasteiger partial charge in [0.15, 0.2) is 0 Å². The summed E-state index contributed by atoms with van der Waals surface area (Å²) >= 11 is 0. The number of benzene rings is 1. The van der Waals surface area contributed by atoms with Crippen molar-refractivity contribution in [2.45, 2.75) is 110 Å². The van der Waals surface area contributed by atoms with Crippen LogP contribution in [0.3, 0.4) is 0 Å². The highest BCUT2D eigenvalue weighted by Gasteiger charge is 2.47. The third-order valence-corrected chi connectivity index (χ3v) is 9.19. The first-order chi connectivity index (χ1) is 16.4. The predicted molar refractivity (Wildman–Crippen MR) is 141 cm³/mol. The zero-order valence-electron chi connectivity index (χ0n) is 21.8. The number of phenols is 1. The summed E-state index contributed by atoms with van der Waals surface area (Å²) in [5, 5.41) is 10.1. The first-order valence-corrected chi connectivity index (χ1v) is 15.9. The standard InChI is InChI=1S/C27H42O4S.C2H6/c1-32(29,30)31-17-8-6-4-2-3-5-7-10-21-18-22-19-23(28)14-16-24(22)26-15-13-20-11-9-12-25(20)27(21)26;1-2/h14,16,19-21,25-28H,2-13,15,17-18H2,1H3;1-2H3. The van der Waals surface area contributed by atoms with E-state index in [4.69, 9.17) is 4.18 Å². The molecule has 4 nitrogen and oxygen atoms in total. The lowest BCUT2D eigenvalue weighted by molar-refractivity contribution is 0.0803. The van der Waals surface area contributed by atoms with Gasteiger partial charge in [-0.1, -0.05) is 71.3 Å². The minimum Gasteiger partial charge on any atom is -0.508 e. The van der Waals surface area contributed by atoms with Crippen LogP contribution in [-0.4, -0.2) is 26.4 Å². The summed E-state index contributed by atoms with van der Waals surface area (Å²) in [4.78, 5) is 0. The second kappa shape index (κ2) is 13.3. The Morgan fingerprint density at radius 1 is 0.941 bits per heavy atom. The molecule has 1 aromatic rings. The number of hydrogen-bond acceptors (Lipinski definition) is 4. The van der Waals surface area contributed by atoms with E-state index in [2.05, 4.69) is 6.07 Å². The van der Waals surface area contributed by atoms with Crippen molar-refractivity contribution in [1.82, 2.24) is 0 Å². The van der Waals surface area contributed by atoms with Crippen LogP contribution in [0.4, 0.5) is 0 Å². The quantitative estimate of drug-likeness (QED) is 0.255. The first kappa shape index (κ1) is 27.5. The fourth-order valence-corrected chi connectivity index (χ4v) is 7.72. The molecule has 1 N–H and O–H groups in total. The predicted octanol–water partition coefficient (Wildman–Crippen LogP) is 7.60. The third-order valence-electron chi connectivity index (χ3n) is 8.59. The van der Waals surface area contributed by atoms with Gasteiger partial charge in [0.2, 0.25) is 0 Å². The number of rotatable bonds is 11. The fraction of sp³-hybridized carbons (Fsp3) is 0.793. The maximum atomic E-state index is 11.0. The van der Waals surface area contributed by atoms with Gasteiger partial charge in [0, 0.05) is 0 Å². The molecule has 2 saturated carbocycles. The van der Waals surface area contributed by atoms with Gasteiger partial charge in [0.05, 0.1) is 12.9 Å². The van der Waals surface area contributed by atoms with Gasteiger partial charge in [-0.2, -0.15) is 8.42 Å². The van der Waals surface area contributed by atoms with Crippen molar-refractivity contribution >= 4 is 10.1 Å². The van der Waals surface area contributed by atoms with Crippen LogP contribution >= 0.6 is 0 Å². The number of aromatic hydroxyl groups is 1. The molecule has 194 valence electrons. The molecule has 1 aromatic carbocycles. The van der Waals surface area contributed by atoms with Crippen LogP contribution in [0.15, 0.2) is 18.2 Å². The topological polar surface area (TPSA) is 63.6 Å². The zero-order valence-corrected chi connectivity index (χ0v) is 22.6. The first-order valence-electron chi connectivity index (χ1n) is 14.1. The van der Waals surface area contributed by atoms with Gasteiger partial charge in [-0.3, -0.25) is 4.18 Å². The van der Waals surface area contributed by atoms with E-state index in [1.165, 1.54) is 69.8 Å². The summed E-state index contributed by atoms with van der Waals surface area (Å²) in [7, 11) is -3.29. The SMILES string of the molecule is CC.CS(=O)(=O)OCCCCCCCCCC1Cc2cc(O)ccc2C2CCC3CCCC3C12. The van der Waals surface area contributed by atoms with E-state index < -0.39 is 10.1 Å². The maximum absolute atomic E-state index is 11.0.